The quantitative estimate of drug-likeness (QED) is 0.361. The number of hydrogen-bond donors (Lipinski definition) is 0. The maximum atomic E-state index is 12.2. The molecule has 0 radical (unpaired) electrons. The molecule has 1 saturated heterocycles. The van der Waals surface area contributed by atoms with E-state index in [0.29, 0.717) is 6.54 Å². The Balaban J connectivity index is 0.00000259. The molecular formula is C27H28N4O2. The molecule has 1 fully saturated rings. The van der Waals surface area contributed by atoms with Crippen molar-refractivity contribution >= 4 is 16.8 Å². The molecule has 1 aliphatic heterocycles. The van der Waals surface area contributed by atoms with Crippen molar-refractivity contribution in [1.29, 1.82) is 0 Å². The van der Waals surface area contributed by atoms with Crippen molar-refractivity contribution in [1.82, 2.24) is 19.7 Å². The summed E-state index contributed by atoms with van der Waals surface area (Å²) in [4.78, 5) is 18.4. The number of para-hydroxylation sites is 1. The molecule has 1 amide bonds. The minimum atomic E-state index is -0.0140. The van der Waals surface area contributed by atoms with Crippen molar-refractivity contribution in [3.63, 3.8) is 0 Å². The van der Waals surface area contributed by atoms with Crippen LogP contribution in [0.3, 0.4) is 0 Å². The van der Waals surface area contributed by atoms with Crippen molar-refractivity contribution in [3.8, 4) is 22.8 Å². The minimum absolute atomic E-state index is 0. The van der Waals surface area contributed by atoms with E-state index in [1.807, 2.05) is 76.4 Å². The lowest BCUT2D eigenvalue weighted by molar-refractivity contribution is -0.127. The summed E-state index contributed by atoms with van der Waals surface area (Å²) in [6.07, 6.45) is 6.99. The molecule has 0 bridgehead atoms. The van der Waals surface area contributed by atoms with Gasteiger partial charge in [-0.1, -0.05) is 32.2 Å². The Morgan fingerprint density at radius 1 is 1.09 bits per heavy atom. The largest absolute Gasteiger partial charge is 0.457 e. The number of nitrogens with zero attached hydrogens (tertiary/aromatic N) is 4. The molecule has 0 aliphatic carbocycles. The Bertz CT molecular complexity index is 1250. The monoisotopic (exact) mass is 440 g/mol. The van der Waals surface area contributed by atoms with Crippen LogP contribution in [-0.4, -0.2) is 38.2 Å². The zero-order valence-electron chi connectivity index (χ0n) is 17.7. The van der Waals surface area contributed by atoms with Crippen LogP contribution in [0.2, 0.25) is 0 Å². The van der Waals surface area contributed by atoms with Gasteiger partial charge in [0.1, 0.15) is 17.2 Å². The van der Waals surface area contributed by atoms with E-state index in [2.05, 4.69) is 11.6 Å². The van der Waals surface area contributed by atoms with Gasteiger partial charge in [0.2, 0.25) is 5.91 Å². The number of likely N-dealkylation sites (tertiary alicyclic amines) is 1. The smallest absolute Gasteiger partial charge is 0.246 e. The van der Waals surface area contributed by atoms with Gasteiger partial charge < -0.3 is 9.64 Å². The molecule has 0 N–H and O–H groups in total. The van der Waals surface area contributed by atoms with Gasteiger partial charge in [-0.3, -0.25) is 14.5 Å². The van der Waals surface area contributed by atoms with Gasteiger partial charge >= 0.3 is 0 Å². The number of benzene rings is 2. The van der Waals surface area contributed by atoms with E-state index in [4.69, 9.17) is 9.84 Å². The number of fused-ring (bicyclic) bond motifs is 1. The summed E-state index contributed by atoms with van der Waals surface area (Å²) >= 11 is 0. The topological polar surface area (TPSA) is 60.2 Å². The number of amides is 1. The summed E-state index contributed by atoms with van der Waals surface area (Å²) in [6, 6.07) is 19.7. The molecule has 2 aromatic carbocycles. The molecule has 0 saturated carbocycles. The van der Waals surface area contributed by atoms with Crippen molar-refractivity contribution in [2.45, 2.75) is 32.9 Å². The fraction of sp³-hybridized carbons (Fsp3) is 0.222. The van der Waals surface area contributed by atoms with E-state index in [1.54, 1.807) is 6.20 Å². The molecule has 1 aliphatic rings. The fourth-order valence-corrected chi connectivity index (χ4v) is 4.31. The molecule has 3 heterocycles. The van der Waals surface area contributed by atoms with Crippen molar-refractivity contribution in [3.05, 3.63) is 85.7 Å². The molecule has 168 valence electrons. The number of aromatic nitrogens is 3. The molecular weight excluding hydrogens is 412 g/mol. The van der Waals surface area contributed by atoms with E-state index in [-0.39, 0.29) is 19.4 Å². The van der Waals surface area contributed by atoms with Gasteiger partial charge in [-0.05, 0) is 61.4 Å². The first kappa shape index (κ1) is 22.3. The molecule has 0 unspecified atom stereocenters. The number of carbonyl (C=O) groups is 1. The van der Waals surface area contributed by atoms with Gasteiger partial charge in [-0.2, -0.15) is 5.10 Å². The Kier molecular flexibility index (Phi) is 6.54. The van der Waals surface area contributed by atoms with Crippen LogP contribution in [-0.2, 0) is 11.3 Å². The van der Waals surface area contributed by atoms with Crippen LogP contribution >= 0.6 is 0 Å². The summed E-state index contributed by atoms with van der Waals surface area (Å²) in [6.45, 7) is 5.06. The van der Waals surface area contributed by atoms with Crippen LogP contribution in [0.15, 0.2) is 85.7 Å². The molecule has 6 heteroatoms. The van der Waals surface area contributed by atoms with E-state index in [0.717, 1.165) is 53.0 Å². The first-order chi connectivity index (χ1) is 15.7. The summed E-state index contributed by atoms with van der Waals surface area (Å²) in [5, 5.41) is 5.92. The summed E-state index contributed by atoms with van der Waals surface area (Å²) in [5.74, 6) is 1.56. The second kappa shape index (κ2) is 9.69. The zero-order valence-corrected chi connectivity index (χ0v) is 17.7. The number of pyridine rings is 1. The van der Waals surface area contributed by atoms with E-state index in [9.17, 15) is 4.79 Å². The van der Waals surface area contributed by atoms with Crippen LogP contribution < -0.4 is 4.74 Å². The molecule has 0 spiro atoms. The summed E-state index contributed by atoms with van der Waals surface area (Å²) < 4.78 is 7.91. The average molecular weight is 441 g/mol. The first-order valence-corrected chi connectivity index (χ1v) is 10.8. The van der Waals surface area contributed by atoms with Crippen LogP contribution in [0.4, 0.5) is 0 Å². The van der Waals surface area contributed by atoms with Gasteiger partial charge in [-0.25, -0.2) is 0 Å². The number of rotatable bonds is 6. The van der Waals surface area contributed by atoms with Gasteiger partial charge in [-0.15, -0.1) is 0 Å². The van der Waals surface area contributed by atoms with Crippen molar-refractivity contribution in [2.75, 3.05) is 6.54 Å². The number of hydrogen-bond acceptors (Lipinski definition) is 4. The van der Waals surface area contributed by atoms with Gasteiger partial charge in [0, 0.05) is 29.9 Å². The highest BCUT2D eigenvalue weighted by Crippen LogP contribution is 2.31. The van der Waals surface area contributed by atoms with Crippen LogP contribution in [0.5, 0.6) is 11.5 Å². The third-order valence-electron chi connectivity index (χ3n) is 5.88. The highest BCUT2D eigenvalue weighted by molar-refractivity contribution is 5.92. The molecule has 2 aromatic heterocycles. The van der Waals surface area contributed by atoms with Gasteiger partial charge in [0.15, 0.2) is 0 Å². The average Bonchev–Trinajstić information content (AvgIpc) is 3.45. The minimum Gasteiger partial charge on any atom is -0.457 e. The second-order valence-corrected chi connectivity index (χ2v) is 7.89. The standard InChI is InChI=1S/C26H24N4O2.CH4/c1-2-25(31)29-16-6-7-20(29)18-30-24-14-15-27-17-23(24)26(28-30)19-10-12-22(13-11-19)32-21-8-4-3-5-9-21;/h2-5,8-15,17,20H,1,6-7,16,18H2;1H4/t20-;/m0./s1. The van der Waals surface area contributed by atoms with Crippen molar-refractivity contribution in [2.24, 2.45) is 0 Å². The Morgan fingerprint density at radius 2 is 1.85 bits per heavy atom. The van der Waals surface area contributed by atoms with Crippen LogP contribution in [0.25, 0.3) is 22.2 Å². The second-order valence-electron chi connectivity index (χ2n) is 7.89. The molecule has 33 heavy (non-hydrogen) atoms. The van der Waals surface area contributed by atoms with Crippen LogP contribution in [0, 0.1) is 0 Å². The third-order valence-corrected chi connectivity index (χ3v) is 5.88. The maximum Gasteiger partial charge on any atom is 0.246 e. The van der Waals surface area contributed by atoms with E-state index >= 15 is 0 Å². The highest BCUT2D eigenvalue weighted by atomic mass is 16.5. The van der Waals surface area contributed by atoms with E-state index in [1.165, 1.54) is 6.08 Å². The Labute approximate surface area is 194 Å². The van der Waals surface area contributed by atoms with Gasteiger partial charge in [0.25, 0.3) is 0 Å². The third kappa shape index (κ3) is 4.51. The predicted molar refractivity (Wildman–Crippen MR) is 131 cm³/mol. The molecule has 4 aromatic rings. The molecule has 1 atom stereocenters. The summed E-state index contributed by atoms with van der Waals surface area (Å²) in [7, 11) is 0. The van der Waals surface area contributed by atoms with Crippen molar-refractivity contribution < 1.29 is 9.53 Å². The zero-order chi connectivity index (χ0) is 21.9. The predicted octanol–water partition coefficient (Wildman–Crippen LogP) is 5.70. The lowest BCUT2D eigenvalue weighted by Crippen LogP contribution is -2.37. The normalized spacial score (nSPS) is 15.3. The Hall–Kier alpha value is -3.93. The first-order valence-electron chi connectivity index (χ1n) is 10.8. The van der Waals surface area contributed by atoms with E-state index < -0.39 is 0 Å². The SMILES string of the molecule is C.C=CC(=O)N1CCC[C@H]1Cn1nc(-c2ccc(Oc3ccccc3)cc2)c2cnccc21. The summed E-state index contributed by atoms with van der Waals surface area (Å²) in [5.41, 5.74) is 2.88. The van der Waals surface area contributed by atoms with Gasteiger partial charge in [0.05, 0.1) is 18.1 Å². The Morgan fingerprint density at radius 3 is 2.61 bits per heavy atom. The fourth-order valence-electron chi connectivity index (χ4n) is 4.31. The molecule has 5 rings (SSSR count). The lowest BCUT2D eigenvalue weighted by atomic mass is 10.1. The number of carbonyl (C=O) groups excluding carboxylic acids is 1. The number of ether oxygens (including phenoxy) is 1. The highest BCUT2D eigenvalue weighted by Gasteiger charge is 2.28. The lowest BCUT2D eigenvalue weighted by Gasteiger charge is -2.23. The van der Waals surface area contributed by atoms with Crippen LogP contribution in [0.1, 0.15) is 20.3 Å². The molecule has 6 nitrogen and oxygen atoms in total. The maximum absolute atomic E-state index is 12.2.